The number of phenols is 1. The Labute approximate surface area is 115 Å². The van der Waals surface area contributed by atoms with Gasteiger partial charge in [0.25, 0.3) is 0 Å². The first-order valence-electron chi connectivity index (χ1n) is 7.46. The number of ether oxygens (including phenoxy) is 1. The first-order chi connectivity index (χ1) is 9.33. The van der Waals surface area contributed by atoms with Crippen LogP contribution in [-0.4, -0.2) is 24.9 Å². The molecule has 2 N–H and O–H groups in total. The summed E-state index contributed by atoms with van der Waals surface area (Å²) in [5.74, 6) is 1.21. The average molecular weight is 261 g/mol. The van der Waals surface area contributed by atoms with Crippen molar-refractivity contribution in [2.45, 2.75) is 38.1 Å². The molecule has 104 valence electrons. The van der Waals surface area contributed by atoms with Crippen molar-refractivity contribution in [3.8, 4) is 5.75 Å². The van der Waals surface area contributed by atoms with Gasteiger partial charge in [0.2, 0.25) is 0 Å². The zero-order valence-electron chi connectivity index (χ0n) is 11.4. The van der Waals surface area contributed by atoms with Gasteiger partial charge in [0.15, 0.2) is 0 Å². The molecule has 3 heteroatoms. The summed E-state index contributed by atoms with van der Waals surface area (Å²) in [5, 5.41) is 13.2. The van der Waals surface area contributed by atoms with E-state index >= 15 is 0 Å². The molecule has 2 aliphatic rings. The number of hydrogen-bond acceptors (Lipinski definition) is 3. The zero-order valence-corrected chi connectivity index (χ0v) is 11.4. The minimum atomic E-state index is 0.373. The number of rotatable bonds is 6. The molecule has 0 aromatic heterocycles. The van der Waals surface area contributed by atoms with E-state index in [9.17, 15) is 5.11 Å². The van der Waals surface area contributed by atoms with Crippen molar-refractivity contribution in [3.05, 3.63) is 29.3 Å². The van der Waals surface area contributed by atoms with E-state index < -0.39 is 0 Å². The van der Waals surface area contributed by atoms with E-state index in [4.69, 9.17) is 4.74 Å². The third-order valence-electron chi connectivity index (χ3n) is 4.13. The minimum Gasteiger partial charge on any atom is -0.508 e. The fraction of sp³-hybridized carbons (Fsp3) is 0.625. The Morgan fingerprint density at radius 2 is 2.16 bits per heavy atom. The van der Waals surface area contributed by atoms with Crippen molar-refractivity contribution in [1.82, 2.24) is 5.32 Å². The van der Waals surface area contributed by atoms with E-state index in [1.807, 2.05) is 6.07 Å². The number of nitrogens with one attached hydrogen (secondary N) is 1. The van der Waals surface area contributed by atoms with Gasteiger partial charge in [-0.05, 0) is 61.3 Å². The molecule has 3 rings (SSSR count). The monoisotopic (exact) mass is 261 g/mol. The van der Waals surface area contributed by atoms with Crippen LogP contribution in [0.1, 0.15) is 42.9 Å². The lowest BCUT2D eigenvalue weighted by Crippen LogP contribution is -2.28. The third-order valence-corrected chi connectivity index (χ3v) is 4.13. The molecule has 19 heavy (non-hydrogen) atoms. The Balaban J connectivity index is 1.49. The second-order valence-electron chi connectivity index (χ2n) is 5.80. The lowest BCUT2D eigenvalue weighted by Gasteiger charge is -2.26. The van der Waals surface area contributed by atoms with Gasteiger partial charge < -0.3 is 15.2 Å². The summed E-state index contributed by atoms with van der Waals surface area (Å²) in [6.45, 7) is 2.62. The number of benzene rings is 1. The van der Waals surface area contributed by atoms with Crippen LogP contribution in [0.2, 0.25) is 0 Å². The molecule has 1 fully saturated rings. The molecule has 0 radical (unpaired) electrons. The van der Waals surface area contributed by atoms with Crippen LogP contribution in [-0.2, 0) is 11.2 Å². The standard InChI is InChI=1S/C16H23NO2/c18-14-7-6-13-2-1-3-16(15(13)10-14)17-8-9-19-11-12-4-5-12/h6-7,10,12,16-18H,1-5,8-9,11H2. The fourth-order valence-corrected chi connectivity index (χ4v) is 2.84. The molecule has 1 aromatic carbocycles. The van der Waals surface area contributed by atoms with Crippen LogP contribution < -0.4 is 5.32 Å². The molecular formula is C16H23NO2. The van der Waals surface area contributed by atoms with Crippen LogP contribution in [0.15, 0.2) is 18.2 Å². The highest BCUT2D eigenvalue weighted by Crippen LogP contribution is 2.32. The van der Waals surface area contributed by atoms with Crippen LogP contribution >= 0.6 is 0 Å². The predicted octanol–water partition coefficient (Wildman–Crippen LogP) is 2.79. The summed E-state index contributed by atoms with van der Waals surface area (Å²) in [4.78, 5) is 0. The van der Waals surface area contributed by atoms with E-state index in [0.717, 1.165) is 38.5 Å². The van der Waals surface area contributed by atoms with Crippen molar-refractivity contribution in [2.75, 3.05) is 19.8 Å². The topological polar surface area (TPSA) is 41.5 Å². The summed E-state index contributed by atoms with van der Waals surface area (Å²) < 4.78 is 5.65. The Morgan fingerprint density at radius 1 is 1.26 bits per heavy atom. The summed E-state index contributed by atoms with van der Waals surface area (Å²) >= 11 is 0. The number of aromatic hydroxyl groups is 1. The highest BCUT2D eigenvalue weighted by atomic mass is 16.5. The summed E-state index contributed by atoms with van der Waals surface area (Å²) in [5.41, 5.74) is 2.65. The van der Waals surface area contributed by atoms with Gasteiger partial charge in [-0.3, -0.25) is 0 Å². The first-order valence-corrected chi connectivity index (χ1v) is 7.46. The van der Waals surface area contributed by atoms with Crippen LogP contribution in [0, 0.1) is 5.92 Å². The normalized spacial score (nSPS) is 22.2. The maximum absolute atomic E-state index is 9.63. The maximum Gasteiger partial charge on any atom is 0.115 e. The molecule has 0 saturated heterocycles. The van der Waals surface area contributed by atoms with Crippen molar-refractivity contribution in [1.29, 1.82) is 0 Å². The van der Waals surface area contributed by atoms with Gasteiger partial charge in [-0.15, -0.1) is 0 Å². The van der Waals surface area contributed by atoms with Crippen molar-refractivity contribution >= 4 is 0 Å². The van der Waals surface area contributed by atoms with Crippen molar-refractivity contribution in [2.24, 2.45) is 5.92 Å². The number of hydrogen-bond donors (Lipinski definition) is 2. The largest absolute Gasteiger partial charge is 0.508 e. The maximum atomic E-state index is 9.63. The molecule has 1 atom stereocenters. The van der Waals surface area contributed by atoms with E-state index in [1.54, 1.807) is 6.07 Å². The Bertz CT molecular complexity index is 429. The zero-order chi connectivity index (χ0) is 13.1. The third kappa shape index (κ3) is 3.48. The summed E-state index contributed by atoms with van der Waals surface area (Å²) in [7, 11) is 0. The predicted molar refractivity (Wildman–Crippen MR) is 75.3 cm³/mol. The van der Waals surface area contributed by atoms with Gasteiger partial charge in [0, 0.05) is 19.2 Å². The van der Waals surface area contributed by atoms with Gasteiger partial charge in [-0.1, -0.05) is 6.07 Å². The van der Waals surface area contributed by atoms with Gasteiger partial charge in [-0.2, -0.15) is 0 Å². The van der Waals surface area contributed by atoms with Gasteiger partial charge >= 0.3 is 0 Å². The second-order valence-corrected chi connectivity index (χ2v) is 5.80. The fourth-order valence-electron chi connectivity index (χ4n) is 2.84. The molecule has 1 aromatic rings. The SMILES string of the molecule is Oc1ccc2c(c1)C(NCCOCC1CC1)CCC2. The van der Waals surface area contributed by atoms with Gasteiger partial charge in [-0.25, -0.2) is 0 Å². The highest BCUT2D eigenvalue weighted by Gasteiger charge is 2.22. The molecular weight excluding hydrogens is 238 g/mol. The quantitative estimate of drug-likeness (QED) is 0.774. The lowest BCUT2D eigenvalue weighted by atomic mass is 9.87. The van der Waals surface area contributed by atoms with Gasteiger partial charge in [0.05, 0.1) is 6.61 Å². The van der Waals surface area contributed by atoms with Crippen molar-refractivity contribution in [3.63, 3.8) is 0 Å². The number of phenolic OH excluding ortho intramolecular Hbond substituents is 1. The second kappa shape index (κ2) is 5.93. The molecule has 0 amide bonds. The van der Waals surface area contributed by atoms with E-state index in [0.29, 0.717) is 11.8 Å². The molecule has 0 aliphatic heterocycles. The Morgan fingerprint density at radius 3 is 3.00 bits per heavy atom. The van der Waals surface area contributed by atoms with E-state index in [1.165, 1.54) is 30.4 Å². The molecule has 2 aliphatic carbocycles. The van der Waals surface area contributed by atoms with Gasteiger partial charge in [0.1, 0.15) is 5.75 Å². The Hall–Kier alpha value is -1.06. The van der Waals surface area contributed by atoms with E-state index in [2.05, 4.69) is 11.4 Å². The summed E-state index contributed by atoms with van der Waals surface area (Å²) in [6, 6.07) is 6.14. The molecule has 3 nitrogen and oxygen atoms in total. The van der Waals surface area contributed by atoms with Crippen LogP contribution in [0.25, 0.3) is 0 Å². The van der Waals surface area contributed by atoms with Crippen LogP contribution in [0.3, 0.4) is 0 Å². The lowest BCUT2D eigenvalue weighted by molar-refractivity contribution is 0.123. The van der Waals surface area contributed by atoms with Crippen LogP contribution in [0.4, 0.5) is 0 Å². The van der Waals surface area contributed by atoms with E-state index in [-0.39, 0.29) is 0 Å². The van der Waals surface area contributed by atoms with Crippen molar-refractivity contribution < 1.29 is 9.84 Å². The number of fused-ring (bicyclic) bond motifs is 1. The first kappa shape index (κ1) is 12.9. The average Bonchev–Trinajstić information content (AvgIpc) is 3.23. The number of aryl methyl sites for hydroxylation is 1. The van der Waals surface area contributed by atoms with Crippen LogP contribution in [0.5, 0.6) is 5.75 Å². The molecule has 0 bridgehead atoms. The molecule has 0 spiro atoms. The molecule has 0 heterocycles. The minimum absolute atomic E-state index is 0.373. The highest BCUT2D eigenvalue weighted by molar-refractivity contribution is 5.38. The molecule has 1 saturated carbocycles. The smallest absolute Gasteiger partial charge is 0.115 e. The molecule has 1 unspecified atom stereocenters. The summed E-state index contributed by atoms with van der Waals surface area (Å²) in [6.07, 6.45) is 6.20. The Kier molecular flexibility index (Phi) is 4.04.